The van der Waals surface area contributed by atoms with Crippen LogP contribution in [0, 0.1) is 0 Å². The molecule has 0 radical (unpaired) electrons. The lowest BCUT2D eigenvalue weighted by Crippen LogP contribution is -2.37. The normalized spacial score (nSPS) is 17.0. The summed E-state index contributed by atoms with van der Waals surface area (Å²) in [6.07, 6.45) is -7.01. The first-order valence-electron chi connectivity index (χ1n) is 11.0. The van der Waals surface area contributed by atoms with E-state index in [1.54, 1.807) is 27.7 Å². The molecule has 2 atom stereocenters. The summed E-state index contributed by atoms with van der Waals surface area (Å²) in [4.78, 5) is 21.0. The number of H-pyrrole nitrogens is 1. The van der Waals surface area contributed by atoms with Crippen molar-refractivity contribution in [3.05, 3.63) is 57.5 Å². The van der Waals surface area contributed by atoms with E-state index in [2.05, 4.69) is 25.5 Å². The molecule has 4 rings (SSSR count). The number of aromatic amines is 1. The van der Waals surface area contributed by atoms with Crippen molar-refractivity contribution in [1.29, 1.82) is 0 Å². The summed E-state index contributed by atoms with van der Waals surface area (Å²) in [5.74, 6) is 0.164. The first kappa shape index (κ1) is 26.4. The largest absolute Gasteiger partial charge is 0.423 e. The topological polar surface area (TPSA) is 114 Å². The molecule has 1 unspecified atom stereocenters. The summed E-state index contributed by atoms with van der Waals surface area (Å²) >= 11 is 0. The van der Waals surface area contributed by atoms with Crippen LogP contribution in [0.25, 0.3) is 0 Å². The van der Waals surface area contributed by atoms with Gasteiger partial charge in [0, 0.05) is 25.0 Å². The zero-order valence-corrected chi connectivity index (χ0v) is 19.6. The number of aromatic nitrogens is 6. The molecular weight excluding hydrogens is 510 g/mol. The fourth-order valence-corrected chi connectivity index (χ4v) is 3.94. The molecule has 2 N–H and O–H groups in total. The predicted octanol–water partition coefficient (Wildman–Crippen LogP) is 3.39. The number of nitrogens with zero attached hydrogens (tertiary/aromatic N) is 6. The number of fused-ring (bicyclic) bond motifs is 1. The van der Waals surface area contributed by atoms with Crippen molar-refractivity contribution in [3.63, 3.8) is 0 Å². The van der Waals surface area contributed by atoms with E-state index < -0.39 is 40.8 Å². The molecule has 4 heterocycles. The highest BCUT2D eigenvalue weighted by Crippen LogP contribution is 2.32. The van der Waals surface area contributed by atoms with Gasteiger partial charge in [-0.25, -0.2) is 15.1 Å². The van der Waals surface area contributed by atoms with Crippen molar-refractivity contribution >= 4 is 11.6 Å². The summed E-state index contributed by atoms with van der Waals surface area (Å²) in [6, 6.07) is 1.05. The maximum absolute atomic E-state index is 13.2. The first-order valence-corrected chi connectivity index (χ1v) is 11.0. The second-order valence-electron chi connectivity index (χ2n) is 8.62. The molecule has 16 heteroatoms. The number of ether oxygens (including phenoxy) is 1. The van der Waals surface area contributed by atoms with Gasteiger partial charge in [0.25, 0.3) is 5.56 Å². The number of nitrogens with one attached hydrogen (secondary N) is 2. The van der Waals surface area contributed by atoms with Gasteiger partial charge in [0.15, 0.2) is 0 Å². The van der Waals surface area contributed by atoms with Gasteiger partial charge in [-0.15, -0.1) is 0 Å². The Balaban J connectivity index is 1.36. The van der Waals surface area contributed by atoms with Gasteiger partial charge in [0.1, 0.15) is 5.56 Å². The van der Waals surface area contributed by atoms with Gasteiger partial charge in [0.05, 0.1) is 54.6 Å². The summed E-state index contributed by atoms with van der Waals surface area (Å²) in [5, 5.41) is 12.3. The van der Waals surface area contributed by atoms with Crippen LogP contribution < -0.4 is 15.8 Å². The van der Waals surface area contributed by atoms with Crippen LogP contribution in [0.3, 0.4) is 0 Å². The summed E-state index contributed by atoms with van der Waals surface area (Å²) in [6.45, 7) is 4.28. The number of anilines is 2. The maximum atomic E-state index is 13.2. The van der Waals surface area contributed by atoms with Crippen molar-refractivity contribution in [2.24, 2.45) is 0 Å². The fourth-order valence-electron chi connectivity index (χ4n) is 3.94. The van der Waals surface area contributed by atoms with E-state index in [0.29, 0.717) is 18.8 Å². The van der Waals surface area contributed by atoms with E-state index in [4.69, 9.17) is 4.74 Å². The minimum Gasteiger partial charge on any atom is -0.378 e. The molecule has 1 aliphatic heterocycles. The van der Waals surface area contributed by atoms with Crippen LogP contribution in [0.2, 0.25) is 0 Å². The molecule has 3 aromatic rings. The Morgan fingerprint density at radius 1 is 1.16 bits per heavy atom. The van der Waals surface area contributed by atoms with Crippen LogP contribution in [-0.4, -0.2) is 49.1 Å². The van der Waals surface area contributed by atoms with Gasteiger partial charge < -0.3 is 15.0 Å². The minimum atomic E-state index is -4.86. The van der Waals surface area contributed by atoms with Gasteiger partial charge in [-0.3, -0.25) is 9.48 Å². The molecule has 0 amide bonds. The average Bonchev–Trinajstić information content (AvgIpc) is 3.21. The highest BCUT2D eigenvalue weighted by molar-refractivity contribution is 5.50. The highest BCUT2D eigenvalue weighted by atomic mass is 19.4. The van der Waals surface area contributed by atoms with E-state index in [9.17, 15) is 31.1 Å². The van der Waals surface area contributed by atoms with Crippen molar-refractivity contribution in [3.8, 4) is 0 Å². The number of alkyl halides is 6. The second-order valence-corrected chi connectivity index (χ2v) is 8.62. The van der Waals surface area contributed by atoms with E-state index in [-0.39, 0.29) is 25.2 Å². The molecule has 0 aliphatic carbocycles. The van der Waals surface area contributed by atoms with Gasteiger partial charge in [-0.05, 0) is 19.9 Å². The van der Waals surface area contributed by atoms with Crippen molar-refractivity contribution in [1.82, 2.24) is 29.9 Å². The Labute approximate surface area is 205 Å². The number of hydrogen-bond acceptors (Lipinski definition) is 8. The summed E-state index contributed by atoms with van der Waals surface area (Å²) in [5.41, 5.74) is -2.76. The molecule has 200 valence electrons. The van der Waals surface area contributed by atoms with Crippen molar-refractivity contribution < 1.29 is 31.1 Å². The monoisotopic (exact) mass is 532 g/mol. The fraction of sp³-hybridized carbons (Fsp3) is 0.476. The molecular formula is C21H22F6N8O2. The Bertz CT molecular complexity index is 1290. The van der Waals surface area contributed by atoms with Crippen LogP contribution >= 0.6 is 0 Å². The lowest BCUT2D eigenvalue weighted by atomic mass is 10.2. The van der Waals surface area contributed by atoms with Gasteiger partial charge in [-0.2, -0.15) is 36.5 Å². The molecule has 37 heavy (non-hydrogen) atoms. The third-order valence-corrected chi connectivity index (χ3v) is 5.53. The molecule has 10 nitrogen and oxygen atoms in total. The Morgan fingerprint density at radius 3 is 2.51 bits per heavy atom. The zero-order chi connectivity index (χ0) is 27.0. The molecule has 1 aliphatic rings. The maximum Gasteiger partial charge on any atom is 0.423 e. The zero-order valence-electron chi connectivity index (χ0n) is 19.6. The quantitative estimate of drug-likeness (QED) is 0.446. The van der Waals surface area contributed by atoms with Crippen LogP contribution in [0.4, 0.5) is 38.0 Å². The second kappa shape index (κ2) is 9.99. The van der Waals surface area contributed by atoms with E-state index >= 15 is 0 Å². The molecule has 0 saturated heterocycles. The predicted molar refractivity (Wildman–Crippen MR) is 118 cm³/mol. The number of hydrogen-bond donors (Lipinski definition) is 2. The smallest absolute Gasteiger partial charge is 0.378 e. The SMILES string of the molecule is CC1CN(c2ncc(C(F)(F)F)cn2)Cc2cc(COC[C@H](C)Nc3cn[nH]c(=O)c3C(F)(F)F)nn21. The van der Waals surface area contributed by atoms with Crippen molar-refractivity contribution in [2.75, 3.05) is 23.4 Å². The van der Waals surface area contributed by atoms with Crippen LogP contribution in [-0.2, 0) is 30.2 Å². The standard InChI is InChI=1S/C21H22F6N8O2/c1-11(31-16-6-30-32-18(36)17(16)21(25,26)27)9-37-10-14-3-15-8-34(7-12(2)35(15)33-14)19-28-4-13(5-29-19)20(22,23)24/h3-6,11-12H,7-10H2,1-2H3,(H2,31,32,36)/t11-,12?/m0/s1. The third-order valence-electron chi connectivity index (χ3n) is 5.53. The summed E-state index contributed by atoms with van der Waals surface area (Å²) in [7, 11) is 0. The molecule has 0 aromatic carbocycles. The lowest BCUT2D eigenvalue weighted by Gasteiger charge is -2.32. The highest BCUT2D eigenvalue weighted by Gasteiger charge is 2.37. The Kier molecular flexibility index (Phi) is 7.12. The van der Waals surface area contributed by atoms with Crippen molar-refractivity contribution in [2.45, 2.75) is 51.4 Å². The van der Waals surface area contributed by atoms with Gasteiger partial charge >= 0.3 is 12.4 Å². The van der Waals surface area contributed by atoms with Crippen LogP contribution in [0.5, 0.6) is 0 Å². The Hall–Kier alpha value is -3.69. The number of rotatable bonds is 7. The molecule has 0 spiro atoms. The minimum absolute atomic E-state index is 0.00730. The van der Waals surface area contributed by atoms with E-state index in [1.165, 1.54) is 0 Å². The van der Waals surface area contributed by atoms with Crippen LogP contribution in [0.1, 0.15) is 42.4 Å². The third kappa shape index (κ3) is 6.00. The van der Waals surface area contributed by atoms with E-state index in [1.807, 2.05) is 6.92 Å². The molecule has 0 bridgehead atoms. The Morgan fingerprint density at radius 2 is 1.86 bits per heavy atom. The summed E-state index contributed by atoms with van der Waals surface area (Å²) < 4.78 is 85.3. The van der Waals surface area contributed by atoms with Gasteiger partial charge in [-0.1, -0.05) is 0 Å². The molecule has 3 aromatic heterocycles. The number of halogens is 6. The van der Waals surface area contributed by atoms with Crippen LogP contribution in [0.15, 0.2) is 29.5 Å². The van der Waals surface area contributed by atoms with Gasteiger partial charge in [0.2, 0.25) is 5.95 Å². The molecule has 0 fully saturated rings. The molecule has 0 saturated carbocycles. The average molecular weight is 532 g/mol. The first-order chi connectivity index (χ1) is 17.3. The lowest BCUT2D eigenvalue weighted by molar-refractivity contribution is -0.139. The van der Waals surface area contributed by atoms with E-state index in [0.717, 1.165) is 24.3 Å².